The number of hydrogen-bond donors (Lipinski definition) is 2. The lowest BCUT2D eigenvalue weighted by Gasteiger charge is -2.40. The van der Waals surface area contributed by atoms with E-state index in [1.807, 2.05) is 36.4 Å². The first-order valence-corrected chi connectivity index (χ1v) is 8.69. The quantitative estimate of drug-likeness (QED) is 0.817. The normalized spacial score (nSPS) is 24.4. The number of aromatic hydroxyl groups is 1. The van der Waals surface area contributed by atoms with Gasteiger partial charge in [-0.1, -0.05) is 26.0 Å². The van der Waals surface area contributed by atoms with E-state index < -0.39 is 0 Å². The topological polar surface area (TPSA) is 61.7 Å². The highest BCUT2D eigenvalue weighted by atomic mass is 16.3. The number of para-hydroxylation sites is 2. The van der Waals surface area contributed by atoms with Crippen LogP contribution in [0.3, 0.4) is 0 Å². The maximum Gasteiger partial charge on any atom is 0.144 e. The molecule has 0 spiro atoms. The number of phenolic OH excluding ortho intramolecular Hbond substituents is 1. The van der Waals surface area contributed by atoms with Crippen LogP contribution in [0.25, 0.3) is 0 Å². The van der Waals surface area contributed by atoms with Crippen molar-refractivity contribution in [3.8, 4) is 5.75 Å². The standard InChI is InChI=1S/C21H22N2O2/c1-21(2)11-17-19(18(25)12-21)20(13-7-9-14(24)10-8-13)23-16-6-4-3-5-15(16)22-17/h3-10,17,19,22,24H,11-12H2,1-2H3. The number of ketones is 1. The van der Waals surface area contributed by atoms with E-state index >= 15 is 0 Å². The minimum Gasteiger partial charge on any atom is -0.508 e. The van der Waals surface area contributed by atoms with Crippen molar-refractivity contribution in [1.82, 2.24) is 0 Å². The van der Waals surface area contributed by atoms with Gasteiger partial charge in [0.15, 0.2) is 0 Å². The number of rotatable bonds is 1. The largest absolute Gasteiger partial charge is 0.508 e. The number of nitrogens with zero attached hydrogens (tertiary/aromatic N) is 1. The minimum atomic E-state index is -0.273. The van der Waals surface area contributed by atoms with Gasteiger partial charge in [-0.3, -0.25) is 4.79 Å². The van der Waals surface area contributed by atoms with Gasteiger partial charge < -0.3 is 10.4 Å². The molecule has 4 nitrogen and oxygen atoms in total. The van der Waals surface area contributed by atoms with Crippen molar-refractivity contribution >= 4 is 22.9 Å². The average Bonchev–Trinajstić information content (AvgIpc) is 2.70. The summed E-state index contributed by atoms with van der Waals surface area (Å²) in [6, 6.07) is 14.9. The van der Waals surface area contributed by atoms with Crippen LogP contribution in [0.1, 0.15) is 32.3 Å². The zero-order valence-electron chi connectivity index (χ0n) is 14.5. The fourth-order valence-electron chi connectivity index (χ4n) is 4.04. The van der Waals surface area contributed by atoms with Crippen molar-refractivity contribution in [3.63, 3.8) is 0 Å². The van der Waals surface area contributed by atoms with E-state index in [1.54, 1.807) is 12.1 Å². The van der Waals surface area contributed by atoms with Gasteiger partial charge in [0.2, 0.25) is 0 Å². The van der Waals surface area contributed by atoms with Crippen LogP contribution in [0.2, 0.25) is 0 Å². The van der Waals surface area contributed by atoms with Gasteiger partial charge in [-0.05, 0) is 53.8 Å². The first-order chi connectivity index (χ1) is 11.9. The van der Waals surface area contributed by atoms with Crippen LogP contribution in [0.4, 0.5) is 11.4 Å². The van der Waals surface area contributed by atoms with Crippen LogP contribution in [-0.4, -0.2) is 22.6 Å². The maximum absolute atomic E-state index is 13.0. The Balaban J connectivity index is 1.87. The van der Waals surface area contributed by atoms with Crippen molar-refractivity contribution in [2.24, 2.45) is 16.3 Å². The van der Waals surface area contributed by atoms with Crippen LogP contribution >= 0.6 is 0 Å². The highest BCUT2D eigenvalue weighted by Crippen LogP contribution is 2.42. The van der Waals surface area contributed by atoms with Crippen LogP contribution in [-0.2, 0) is 4.79 Å². The molecule has 1 saturated carbocycles. The third kappa shape index (κ3) is 2.93. The van der Waals surface area contributed by atoms with E-state index in [0.29, 0.717) is 6.42 Å². The Labute approximate surface area is 147 Å². The molecule has 2 aromatic rings. The molecule has 0 aromatic heterocycles. The molecular formula is C21H22N2O2. The number of aliphatic imine (C=N–C) groups is 1. The van der Waals surface area contributed by atoms with E-state index in [0.717, 1.165) is 29.1 Å². The Hall–Kier alpha value is -2.62. The van der Waals surface area contributed by atoms with Crippen molar-refractivity contribution in [2.75, 3.05) is 5.32 Å². The molecule has 2 unspecified atom stereocenters. The summed E-state index contributed by atoms with van der Waals surface area (Å²) < 4.78 is 0. The molecule has 0 bridgehead atoms. The number of anilines is 1. The van der Waals surface area contributed by atoms with Crippen molar-refractivity contribution in [2.45, 2.75) is 32.7 Å². The Morgan fingerprint density at radius 2 is 1.84 bits per heavy atom. The first-order valence-electron chi connectivity index (χ1n) is 8.69. The molecule has 1 fully saturated rings. The van der Waals surface area contributed by atoms with E-state index in [-0.39, 0.29) is 28.9 Å². The summed E-state index contributed by atoms with van der Waals surface area (Å²) in [5.41, 5.74) is 3.48. The fourth-order valence-corrected chi connectivity index (χ4v) is 4.04. The van der Waals surface area contributed by atoms with Gasteiger partial charge in [0.05, 0.1) is 23.0 Å². The molecule has 0 saturated heterocycles. The van der Waals surface area contributed by atoms with E-state index in [1.165, 1.54) is 0 Å². The highest BCUT2D eigenvalue weighted by Gasteiger charge is 2.44. The Morgan fingerprint density at radius 1 is 1.12 bits per heavy atom. The van der Waals surface area contributed by atoms with Crippen LogP contribution in [0.15, 0.2) is 53.5 Å². The molecule has 4 heteroatoms. The fraction of sp³-hybridized carbons (Fsp3) is 0.333. The zero-order valence-corrected chi connectivity index (χ0v) is 14.5. The lowest BCUT2D eigenvalue weighted by molar-refractivity contribution is -0.125. The summed E-state index contributed by atoms with van der Waals surface area (Å²) in [4.78, 5) is 17.9. The number of nitrogens with one attached hydrogen (secondary N) is 1. The summed E-state index contributed by atoms with van der Waals surface area (Å²) in [5, 5.41) is 13.2. The number of phenols is 1. The number of fused-ring (bicyclic) bond motifs is 2. The smallest absolute Gasteiger partial charge is 0.144 e. The van der Waals surface area contributed by atoms with Gasteiger partial charge in [-0.2, -0.15) is 0 Å². The van der Waals surface area contributed by atoms with Gasteiger partial charge in [0.1, 0.15) is 11.5 Å². The molecule has 2 aromatic carbocycles. The Bertz CT molecular complexity index is 852. The Kier molecular flexibility index (Phi) is 3.64. The SMILES string of the molecule is CC1(C)CC(=O)C2C(c3ccc(O)cc3)=Nc3ccccc3NC2C1. The number of hydrogen-bond acceptors (Lipinski definition) is 4. The molecule has 0 amide bonds. The third-order valence-corrected chi connectivity index (χ3v) is 5.12. The molecular weight excluding hydrogens is 312 g/mol. The van der Waals surface area contributed by atoms with Crippen molar-refractivity contribution in [1.29, 1.82) is 0 Å². The van der Waals surface area contributed by atoms with Crippen molar-refractivity contribution in [3.05, 3.63) is 54.1 Å². The molecule has 2 aliphatic rings. The lowest BCUT2D eigenvalue weighted by atomic mass is 9.67. The number of carbonyl (C=O) groups excluding carboxylic acids is 1. The number of carbonyl (C=O) groups is 1. The average molecular weight is 334 g/mol. The second-order valence-corrected chi connectivity index (χ2v) is 7.80. The van der Waals surface area contributed by atoms with Crippen LogP contribution in [0, 0.1) is 11.3 Å². The molecule has 1 aliphatic heterocycles. The first kappa shape index (κ1) is 15.9. The summed E-state index contributed by atoms with van der Waals surface area (Å²) in [5.74, 6) is 0.169. The van der Waals surface area contributed by atoms with Crippen LogP contribution in [0.5, 0.6) is 5.75 Å². The molecule has 25 heavy (non-hydrogen) atoms. The zero-order chi connectivity index (χ0) is 17.6. The molecule has 128 valence electrons. The van der Waals surface area contributed by atoms with E-state index in [9.17, 15) is 9.90 Å². The van der Waals surface area contributed by atoms with Gasteiger partial charge >= 0.3 is 0 Å². The van der Waals surface area contributed by atoms with E-state index in [2.05, 4.69) is 19.2 Å². The van der Waals surface area contributed by atoms with Gasteiger partial charge in [0.25, 0.3) is 0 Å². The van der Waals surface area contributed by atoms with Crippen LogP contribution < -0.4 is 5.32 Å². The molecule has 1 heterocycles. The summed E-state index contributed by atoms with van der Waals surface area (Å²) in [6.45, 7) is 4.30. The van der Waals surface area contributed by atoms with Gasteiger partial charge in [-0.25, -0.2) is 4.99 Å². The molecule has 4 rings (SSSR count). The monoisotopic (exact) mass is 334 g/mol. The summed E-state index contributed by atoms with van der Waals surface area (Å²) in [6.07, 6.45) is 1.47. The molecule has 2 N–H and O–H groups in total. The second-order valence-electron chi connectivity index (χ2n) is 7.80. The highest BCUT2D eigenvalue weighted by molar-refractivity contribution is 6.16. The Morgan fingerprint density at radius 3 is 2.60 bits per heavy atom. The number of Topliss-reactive ketones (excluding diaryl/α,β-unsaturated/α-hetero) is 1. The minimum absolute atomic E-state index is 0.0208. The number of benzene rings is 2. The molecule has 1 aliphatic carbocycles. The van der Waals surface area contributed by atoms with E-state index in [4.69, 9.17) is 4.99 Å². The predicted molar refractivity (Wildman–Crippen MR) is 99.7 cm³/mol. The third-order valence-electron chi connectivity index (χ3n) is 5.12. The molecule has 2 atom stereocenters. The predicted octanol–water partition coefficient (Wildman–Crippen LogP) is 4.31. The summed E-state index contributed by atoms with van der Waals surface area (Å²) >= 11 is 0. The molecule has 0 radical (unpaired) electrons. The van der Waals surface area contributed by atoms with Crippen molar-refractivity contribution < 1.29 is 9.90 Å². The summed E-state index contributed by atoms with van der Waals surface area (Å²) in [7, 11) is 0. The second kappa shape index (κ2) is 5.73. The van der Waals surface area contributed by atoms with Gasteiger partial charge in [-0.15, -0.1) is 0 Å². The lowest BCUT2D eigenvalue weighted by Crippen LogP contribution is -2.47. The van der Waals surface area contributed by atoms with Gasteiger partial charge in [0, 0.05) is 12.5 Å². The maximum atomic E-state index is 13.0.